The van der Waals surface area contributed by atoms with Crippen molar-refractivity contribution in [2.45, 2.75) is 45.6 Å². The maximum Gasteiger partial charge on any atom is 0.260 e. The van der Waals surface area contributed by atoms with Gasteiger partial charge in [0.05, 0.1) is 11.9 Å². The number of aryl methyl sites for hydroxylation is 1. The summed E-state index contributed by atoms with van der Waals surface area (Å²) in [5.41, 5.74) is 1.30. The van der Waals surface area contributed by atoms with Gasteiger partial charge in [0.1, 0.15) is 10.9 Å². The molecule has 4 nitrogen and oxygen atoms in total. The van der Waals surface area contributed by atoms with Crippen LogP contribution in [-0.2, 0) is 19.3 Å². The summed E-state index contributed by atoms with van der Waals surface area (Å²) in [5, 5.41) is 5.23. The molecule has 1 aliphatic carbocycles. The van der Waals surface area contributed by atoms with Crippen molar-refractivity contribution in [3.05, 3.63) is 49.0 Å². The first-order chi connectivity index (χ1) is 12.1. The third kappa shape index (κ3) is 3.43. The SMILES string of the molecule is C[C@@H]1CCc2c(sc3nc([C@H](C)[NH2+]CCc4cccs4)[nH]c(=O)c23)C1. The van der Waals surface area contributed by atoms with E-state index in [1.165, 1.54) is 21.7 Å². The van der Waals surface area contributed by atoms with Gasteiger partial charge in [-0.1, -0.05) is 13.0 Å². The van der Waals surface area contributed by atoms with Crippen molar-refractivity contribution in [2.75, 3.05) is 6.54 Å². The molecule has 1 aliphatic rings. The zero-order valence-electron chi connectivity index (χ0n) is 14.7. The molecule has 0 fully saturated rings. The van der Waals surface area contributed by atoms with Gasteiger partial charge in [0.2, 0.25) is 0 Å². The van der Waals surface area contributed by atoms with Crippen molar-refractivity contribution < 1.29 is 5.32 Å². The summed E-state index contributed by atoms with van der Waals surface area (Å²) in [6.45, 7) is 5.41. The first kappa shape index (κ1) is 16.9. The van der Waals surface area contributed by atoms with Gasteiger partial charge in [0.25, 0.3) is 5.56 Å². The van der Waals surface area contributed by atoms with Crippen molar-refractivity contribution in [1.29, 1.82) is 0 Å². The summed E-state index contributed by atoms with van der Waals surface area (Å²) in [6.07, 6.45) is 4.34. The van der Waals surface area contributed by atoms with Crippen LogP contribution in [0.3, 0.4) is 0 Å². The zero-order chi connectivity index (χ0) is 17.4. The number of hydrogen-bond acceptors (Lipinski definition) is 4. The molecule has 132 valence electrons. The monoisotopic (exact) mass is 374 g/mol. The molecule has 0 unspecified atom stereocenters. The lowest BCUT2D eigenvalue weighted by Crippen LogP contribution is -2.85. The van der Waals surface area contributed by atoms with Gasteiger partial charge in [0, 0.05) is 16.2 Å². The number of aromatic nitrogens is 2. The van der Waals surface area contributed by atoms with E-state index in [2.05, 4.69) is 41.7 Å². The average molecular weight is 375 g/mol. The summed E-state index contributed by atoms with van der Waals surface area (Å²) in [7, 11) is 0. The molecule has 6 heteroatoms. The first-order valence-corrected chi connectivity index (χ1v) is 10.7. The van der Waals surface area contributed by atoms with E-state index in [1.807, 2.05) is 0 Å². The third-order valence-corrected chi connectivity index (χ3v) is 7.19. The van der Waals surface area contributed by atoms with E-state index in [-0.39, 0.29) is 11.6 Å². The summed E-state index contributed by atoms with van der Waals surface area (Å²) < 4.78 is 0. The summed E-state index contributed by atoms with van der Waals surface area (Å²) >= 11 is 3.53. The molecule has 3 N–H and O–H groups in total. The Morgan fingerprint density at radius 2 is 2.36 bits per heavy atom. The van der Waals surface area contributed by atoms with E-state index in [0.717, 1.165) is 41.8 Å². The van der Waals surface area contributed by atoms with E-state index >= 15 is 0 Å². The molecule has 0 aliphatic heterocycles. The lowest BCUT2D eigenvalue weighted by atomic mass is 9.89. The predicted molar refractivity (Wildman–Crippen MR) is 105 cm³/mol. The number of nitrogens with zero attached hydrogens (tertiary/aromatic N) is 1. The highest BCUT2D eigenvalue weighted by molar-refractivity contribution is 7.18. The number of thiophene rings is 2. The van der Waals surface area contributed by atoms with Crippen LogP contribution in [0.4, 0.5) is 0 Å². The number of rotatable bonds is 5. The van der Waals surface area contributed by atoms with Crippen LogP contribution in [0, 0.1) is 5.92 Å². The molecule has 3 aromatic heterocycles. The quantitative estimate of drug-likeness (QED) is 0.721. The molecule has 3 heterocycles. The Labute approximate surface area is 155 Å². The van der Waals surface area contributed by atoms with Gasteiger partial charge in [-0.3, -0.25) is 4.79 Å². The Morgan fingerprint density at radius 1 is 1.48 bits per heavy atom. The fourth-order valence-corrected chi connectivity index (χ4v) is 5.74. The van der Waals surface area contributed by atoms with Crippen LogP contribution in [0.2, 0.25) is 0 Å². The number of nitrogens with two attached hydrogens (primary N) is 1. The highest BCUT2D eigenvalue weighted by atomic mass is 32.1. The number of H-pyrrole nitrogens is 1. The van der Waals surface area contributed by atoms with Crippen molar-refractivity contribution in [3.8, 4) is 0 Å². The van der Waals surface area contributed by atoms with Crippen LogP contribution >= 0.6 is 22.7 Å². The largest absolute Gasteiger partial charge is 0.337 e. The second kappa shape index (κ2) is 7.02. The Bertz CT molecular complexity index is 926. The molecule has 0 saturated heterocycles. The summed E-state index contributed by atoms with van der Waals surface area (Å²) in [4.78, 5) is 24.3. The minimum absolute atomic E-state index is 0.0468. The topological polar surface area (TPSA) is 62.4 Å². The molecule has 4 rings (SSSR count). The van der Waals surface area contributed by atoms with E-state index in [9.17, 15) is 4.79 Å². The molecule has 0 aromatic carbocycles. The van der Waals surface area contributed by atoms with Gasteiger partial charge in [-0.05, 0) is 49.1 Å². The maximum atomic E-state index is 12.7. The van der Waals surface area contributed by atoms with Crippen molar-refractivity contribution in [3.63, 3.8) is 0 Å². The van der Waals surface area contributed by atoms with Gasteiger partial charge >= 0.3 is 0 Å². The third-order valence-electron chi connectivity index (χ3n) is 5.11. The maximum absolute atomic E-state index is 12.7. The van der Waals surface area contributed by atoms with Gasteiger partial charge in [-0.15, -0.1) is 22.7 Å². The normalized spacial score (nSPS) is 18.4. The highest BCUT2D eigenvalue weighted by Crippen LogP contribution is 2.35. The number of quaternary nitrogens is 1. The molecular weight excluding hydrogens is 350 g/mol. The Kier molecular flexibility index (Phi) is 4.75. The molecule has 0 radical (unpaired) electrons. The van der Waals surface area contributed by atoms with Gasteiger partial charge in [0.15, 0.2) is 5.82 Å². The Hall–Kier alpha value is -1.50. The van der Waals surface area contributed by atoms with E-state index in [4.69, 9.17) is 4.98 Å². The second-order valence-corrected chi connectivity index (χ2v) is 9.24. The minimum Gasteiger partial charge on any atom is -0.337 e. The molecule has 0 bridgehead atoms. The van der Waals surface area contributed by atoms with Crippen molar-refractivity contribution >= 4 is 32.9 Å². The Morgan fingerprint density at radius 3 is 3.16 bits per heavy atom. The van der Waals surface area contributed by atoms with E-state index in [0.29, 0.717) is 5.92 Å². The van der Waals surface area contributed by atoms with Crippen LogP contribution in [-0.4, -0.2) is 16.5 Å². The van der Waals surface area contributed by atoms with Gasteiger partial charge in [-0.2, -0.15) is 0 Å². The number of hydrogen-bond donors (Lipinski definition) is 2. The Balaban J connectivity index is 1.55. The smallest absolute Gasteiger partial charge is 0.260 e. The zero-order valence-corrected chi connectivity index (χ0v) is 16.3. The second-order valence-electron chi connectivity index (χ2n) is 7.13. The lowest BCUT2D eigenvalue weighted by Gasteiger charge is -2.17. The van der Waals surface area contributed by atoms with E-state index in [1.54, 1.807) is 22.7 Å². The molecule has 3 aromatic rings. The summed E-state index contributed by atoms with van der Waals surface area (Å²) in [6, 6.07) is 4.43. The molecule has 2 atom stereocenters. The number of aromatic amines is 1. The predicted octanol–water partition coefficient (Wildman–Crippen LogP) is 3.04. The van der Waals surface area contributed by atoms with Crippen molar-refractivity contribution in [1.82, 2.24) is 9.97 Å². The lowest BCUT2D eigenvalue weighted by molar-refractivity contribution is -0.693. The number of nitrogens with one attached hydrogen (secondary N) is 1. The molecule has 0 spiro atoms. The van der Waals surface area contributed by atoms with Crippen LogP contribution in [0.1, 0.15) is 47.5 Å². The average Bonchev–Trinajstić information content (AvgIpc) is 3.21. The van der Waals surface area contributed by atoms with Crippen LogP contribution < -0.4 is 10.9 Å². The van der Waals surface area contributed by atoms with Gasteiger partial charge in [-0.25, -0.2) is 4.98 Å². The minimum atomic E-state index is 0.0468. The number of fused-ring (bicyclic) bond motifs is 3. The first-order valence-electron chi connectivity index (χ1n) is 9.02. The fourth-order valence-electron chi connectivity index (χ4n) is 3.62. The highest BCUT2D eigenvalue weighted by Gasteiger charge is 2.24. The van der Waals surface area contributed by atoms with Crippen LogP contribution in [0.25, 0.3) is 10.2 Å². The molecule has 0 amide bonds. The molecule has 0 saturated carbocycles. The van der Waals surface area contributed by atoms with Crippen molar-refractivity contribution in [2.24, 2.45) is 5.92 Å². The fraction of sp³-hybridized carbons (Fsp3) is 0.474. The van der Waals surface area contributed by atoms with Crippen LogP contribution in [0.5, 0.6) is 0 Å². The van der Waals surface area contributed by atoms with Crippen LogP contribution in [0.15, 0.2) is 22.3 Å². The molecule has 25 heavy (non-hydrogen) atoms. The van der Waals surface area contributed by atoms with E-state index < -0.39 is 0 Å². The van der Waals surface area contributed by atoms with Gasteiger partial charge < -0.3 is 10.3 Å². The molecular formula is C19H24N3OS2+. The summed E-state index contributed by atoms with van der Waals surface area (Å²) in [5.74, 6) is 1.51. The standard InChI is InChI=1S/C19H23N3OS2/c1-11-5-6-14-15(10-11)25-19-16(14)18(23)21-17(22-19)12(2)20-8-7-13-4-3-9-24-13/h3-4,9,11-12,20H,5-8,10H2,1-2H3,(H,21,22,23)/p+1/t11-,12+/m1/s1.